The van der Waals surface area contributed by atoms with Gasteiger partial charge in [0.2, 0.25) is 11.1 Å². The number of amides is 1. The molecule has 0 atom stereocenters. The first kappa shape index (κ1) is 19.9. The van der Waals surface area contributed by atoms with Crippen LogP contribution in [-0.2, 0) is 11.3 Å². The van der Waals surface area contributed by atoms with Gasteiger partial charge in [-0.25, -0.2) is 4.98 Å². The Labute approximate surface area is 178 Å². The van der Waals surface area contributed by atoms with Gasteiger partial charge in [0.1, 0.15) is 12.4 Å². The molecule has 150 valence electrons. The average Bonchev–Trinajstić information content (AvgIpc) is 3.44. The van der Waals surface area contributed by atoms with Crippen LogP contribution >= 0.6 is 23.1 Å². The number of aromatic nitrogens is 3. The van der Waals surface area contributed by atoms with Crippen LogP contribution in [0.25, 0.3) is 12.2 Å². The molecule has 6 nitrogen and oxygen atoms in total. The second-order valence-electron chi connectivity index (χ2n) is 6.93. The summed E-state index contributed by atoms with van der Waals surface area (Å²) in [6.07, 6.45) is 3.90. The molecule has 1 saturated heterocycles. The molecule has 0 spiro atoms. The number of aromatic amines is 1. The summed E-state index contributed by atoms with van der Waals surface area (Å²) in [6, 6.07) is 14.6. The Balaban J connectivity index is 1.20. The van der Waals surface area contributed by atoms with Crippen molar-refractivity contribution in [1.29, 1.82) is 0 Å². The number of thioether (sulfide) groups is 1. The van der Waals surface area contributed by atoms with Gasteiger partial charge in [-0.2, -0.15) is 0 Å². The van der Waals surface area contributed by atoms with Gasteiger partial charge in [-0.15, -0.1) is 16.4 Å². The Hall–Kier alpha value is -2.42. The molecule has 2 aromatic heterocycles. The number of rotatable bonds is 7. The zero-order valence-electron chi connectivity index (χ0n) is 16.1. The molecule has 0 aliphatic carbocycles. The van der Waals surface area contributed by atoms with Crippen LogP contribution < -0.4 is 4.90 Å². The zero-order valence-corrected chi connectivity index (χ0v) is 17.7. The number of carbonyl (C=O) groups is 1. The topological polar surface area (TPSA) is 66.3 Å². The molecule has 1 amide bonds. The van der Waals surface area contributed by atoms with Crippen molar-refractivity contribution in [3.8, 4) is 0 Å². The summed E-state index contributed by atoms with van der Waals surface area (Å²) in [5.41, 5.74) is 1.35. The monoisotopic (exact) mass is 426 g/mol. The fraction of sp³-hybridized carbons (Fsp3) is 0.286. The third-order valence-electron chi connectivity index (χ3n) is 4.88. The van der Waals surface area contributed by atoms with E-state index in [9.17, 15) is 4.79 Å². The van der Waals surface area contributed by atoms with Crippen molar-refractivity contribution >= 4 is 41.2 Å². The second-order valence-corrected chi connectivity index (χ2v) is 8.86. The van der Waals surface area contributed by atoms with E-state index in [1.54, 1.807) is 11.3 Å². The van der Waals surface area contributed by atoms with Crippen molar-refractivity contribution in [2.75, 3.05) is 31.9 Å². The van der Waals surface area contributed by atoms with Crippen molar-refractivity contribution in [1.82, 2.24) is 20.1 Å². The molecule has 8 heteroatoms. The molecule has 29 heavy (non-hydrogen) atoms. The van der Waals surface area contributed by atoms with Crippen LogP contribution in [0, 0.1) is 0 Å². The summed E-state index contributed by atoms with van der Waals surface area (Å²) < 4.78 is 0. The predicted molar refractivity (Wildman–Crippen MR) is 118 cm³/mol. The van der Waals surface area contributed by atoms with Gasteiger partial charge in [-0.3, -0.25) is 9.89 Å². The van der Waals surface area contributed by atoms with Crippen molar-refractivity contribution in [3.63, 3.8) is 0 Å². The van der Waals surface area contributed by atoms with E-state index in [1.165, 1.54) is 27.1 Å². The number of quaternary nitrogens is 1. The maximum atomic E-state index is 12.5. The van der Waals surface area contributed by atoms with E-state index in [0.717, 1.165) is 32.7 Å². The maximum absolute atomic E-state index is 12.5. The summed E-state index contributed by atoms with van der Waals surface area (Å²) >= 11 is 3.06. The molecule has 0 unspecified atom stereocenters. The highest BCUT2D eigenvalue weighted by Gasteiger charge is 2.24. The van der Waals surface area contributed by atoms with Gasteiger partial charge in [0.05, 0.1) is 31.9 Å². The molecule has 0 saturated carbocycles. The largest absolute Gasteiger partial charge is 0.331 e. The number of piperazine rings is 1. The van der Waals surface area contributed by atoms with Crippen molar-refractivity contribution in [2.24, 2.45) is 0 Å². The number of hydrogen-bond acceptors (Lipinski definition) is 5. The van der Waals surface area contributed by atoms with Gasteiger partial charge in [0.15, 0.2) is 0 Å². The van der Waals surface area contributed by atoms with Crippen LogP contribution in [0.1, 0.15) is 16.3 Å². The SMILES string of the molecule is O=C(CSc1n[nH]c(C=Cc2cccs2)n1)N1CC[NH+](Cc2ccccc2)CC1. The Bertz CT molecular complexity index is 931. The van der Waals surface area contributed by atoms with Gasteiger partial charge in [-0.1, -0.05) is 48.2 Å². The van der Waals surface area contributed by atoms with E-state index in [4.69, 9.17) is 0 Å². The molecule has 3 heterocycles. The lowest BCUT2D eigenvalue weighted by Gasteiger charge is -2.32. The molecule has 0 bridgehead atoms. The van der Waals surface area contributed by atoms with E-state index >= 15 is 0 Å². The molecule has 1 aliphatic heterocycles. The van der Waals surface area contributed by atoms with E-state index < -0.39 is 0 Å². The van der Waals surface area contributed by atoms with Crippen LogP contribution in [0.15, 0.2) is 53.0 Å². The van der Waals surface area contributed by atoms with Gasteiger partial charge in [-0.05, 0) is 23.6 Å². The summed E-state index contributed by atoms with van der Waals surface area (Å²) in [5.74, 6) is 1.24. The second kappa shape index (κ2) is 9.87. The molecule has 4 rings (SSSR count). The van der Waals surface area contributed by atoms with Gasteiger partial charge < -0.3 is 9.80 Å². The number of thiophene rings is 1. The Kier molecular flexibility index (Phi) is 6.76. The first-order valence-corrected chi connectivity index (χ1v) is 11.5. The Morgan fingerprint density at radius 3 is 2.76 bits per heavy atom. The molecule has 3 aromatic rings. The molecule has 0 radical (unpaired) electrons. The molecular formula is C21H24N5OS2+. The number of nitrogens with one attached hydrogen (secondary N) is 2. The minimum absolute atomic E-state index is 0.161. The smallest absolute Gasteiger partial charge is 0.233 e. The normalized spacial score (nSPS) is 15.2. The number of benzene rings is 1. The lowest BCUT2D eigenvalue weighted by atomic mass is 10.2. The highest BCUT2D eigenvalue weighted by atomic mass is 32.2. The number of carbonyl (C=O) groups excluding carboxylic acids is 1. The summed E-state index contributed by atoms with van der Waals surface area (Å²) in [7, 11) is 0. The number of hydrogen-bond donors (Lipinski definition) is 2. The summed E-state index contributed by atoms with van der Waals surface area (Å²) in [5, 5.41) is 9.75. The highest BCUT2D eigenvalue weighted by Crippen LogP contribution is 2.15. The van der Waals surface area contributed by atoms with Crippen LogP contribution in [0.3, 0.4) is 0 Å². The Morgan fingerprint density at radius 1 is 1.17 bits per heavy atom. The van der Waals surface area contributed by atoms with Gasteiger partial charge in [0.25, 0.3) is 0 Å². The van der Waals surface area contributed by atoms with Crippen LogP contribution in [0.2, 0.25) is 0 Å². The lowest BCUT2D eigenvalue weighted by molar-refractivity contribution is -0.917. The van der Waals surface area contributed by atoms with E-state index in [-0.39, 0.29) is 5.91 Å². The van der Waals surface area contributed by atoms with Gasteiger partial charge >= 0.3 is 0 Å². The molecule has 2 N–H and O–H groups in total. The van der Waals surface area contributed by atoms with Crippen molar-refractivity contribution < 1.29 is 9.69 Å². The quantitative estimate of drug-likeness (QED) is 0.568. The fourth-order valence-electron chi connectivity index (χ4n) is 3.30. The predicted octanol–water partition coefficient (Wildman–Crippen LogP) is 2.06. The molecule has 1 fully saturated rings. The minimum Gasteiger partial charge on any atom is -0.331 e. The Morgan fingerprint density at radius 2 is 2.00 bits per heavy atom. The van der Waals surface area contributed by atoms with Gasteiger partial charge in [0, 0.05) is 10.4 Å². The average molecular weight is 427 g/mol. The van der Waals surface area contributed by atoms with Crippen molar-refractivity contribution in [3.05, 3.63) is 64.1 Å². The molecule has 1 aromatic carbocycles. The maximum Gasteiger partial charge on any atom is 0.233 e. The fourth-order valence-corrected chi connectivity index (χ4v) is 4.62. The summed E-state index contributed by atoms with van der Waals surface area (Å²) in [4.78, 5) is 21.6. The van der Waals surface area contributed by atoms with E-state index in [1.807, 2.05) is 40.6 Å². The van der Waals surface area contributed by atoms with Crippen LogP contribution in [0.4, 0.5) is 0 Å². The number of nitrogens with zero attached hydrogens (tertiary/aromatic N) is 3. The third-order valence-corrected chi connectivity index (χ3v) is 6.55. The first-order valence-electron chi connectivity index (χ1n) is 9.68. The standard InChI is InChI=1S/C21H23N5OS2/c27-20(26-12-10-25(11-13-26)15-17-5-2-1-3-6-17)16-29-21-22-19(23-24-21)9-8-18-7-4-14-28-18/h1-9,14H,10-13,15-16H2,(H,22,23,24)/p+1. The zero-order chi connectivity index (χ0) is 19.9. The third kappa shape index (κ3) is 5.79. The van der Waals surface area contributed by atoms with Crippen molar-refractivity contribution in [2.45, 2.75) is 11.7 Å². The lowest BCUT2D eigenvalue weighted by Crippen LogP contribution is -3.13. The molecular weight excluding hydrogens is 402 g/mol. The minimum atomic E-state index is 0.161. The van der Waals surface area contributed by atoms with Crippen LogP contribution in [-0.4, -0.2) is 57.9 Å². The highest BCUT2D eigenvalue weighted by molar-refractivity contribution is 7.99. The van der Waals surface area contributed by atoms with Crippen LogP contribution in [0.5, 0.6) is 0 Å². The number of H-pyrrole nitrogens is 1. The van der Waals surface area contributed by atoms with E-state index in [0.29, 0.717) is 16.7 Å². The van der Waals surface area contributed by atoms with E-state index in [2.05, 4.69) is 39.4 Å². The summed E-state index contributed by atoms with van der Waals surface area (Å²) in [6.45, 7) is 4.62. The molecule has 1 aliphatic rings. The first-order chi connectivity index (χ1) is 14.3.